The van der Waals surface area contributed by atoms with E-state index in [1.54, 1.807) is 31.2 Å². The number of hydrogen-bond donors (Lipinski definition) is 3. The molecule has 2 rings (SSSR count). The maximum atomic E-state index is 12.0. The number of benzene rings is 1. The minimum Gasteiger partial charge on any atom is -0.426 e. The molecule has 0 unspecified atom stereocenters. The number of ether oxygens (including phenoxy) is 1. The van der Waals surface area contributed by atoms with Crippen molar-refractivity contribution in [3.05, 3.63) is 47.2 Å². The summed E-state index contributed by atoms with van der Waals surface area (Å²) in [5.74, 6) is 0.142. The number of nitrogens with zero attached hydrogens (tertiary/aromatic N) is 1. The number of nitrogens with two attached hydrogens (primary N) is 1. The van der Waals surface area contributed by atoms with Crippen LogP contribution in [0.2, 0.25) is 5.02 Å². The molecule has 128 valence electrons. The lowest BCUT2D eigenvalue weighted by Gasteiger charge is -2.18. The molecular weight excluding hydrogens is 338 g/mol. The summed E-state index contributed by atoms with van der Waals surface area (Å²) < 4.78 is 10.7. The van der Waals surface area contributed by atoms with Crippen LogP contribution in [0.3, 0.4) is 0 Å². The van der Waals surface area contributed by atoms with Crippen LogP contribution in [-0.2, 0) is 0 Å². The number of primary amides is 1. The van der Waals surface area contributed by atoms with Crippen LogP contribution in [0.25, 0.3) is 0 Å². The molecule has 0 spiro atoms. The van der Waals surface area contributed by atoms with E-state index in [1.165, 1.54) is 12.1 Å². The van der Waals surface area contributed by atoms with E-state index in [-0.39, 0.29) is 18.3 Å². The van der Waals surface area contributed by atoms with Crippen molar-refractivity contribution in [1.29, 1.82) is 0 Å². The second-order valence-electron chi connectivity index (χ2n) is 4.97. The van der Waals surface area contributed by atoms with E-state index >= 15 is 0 Å². The number of rotatable bonds is 6. The second kappa shape index (κ2) is 7.71. The Bertz CT molecular complexity index is 716. The van der Waals surface area contributed by atoms with Crippen molar-refractivity contribution in [2.24, 2.45) is 5.73 Å². The molecule has 2 aromatic rings. The largest absolute Gasteiger partial charge is 0.426 e. The molecule has 1 heterocycles. The molecule has 0 fully saturated rings. The predicted molar refractivity (Wildman–Crippen MR) is 85.2 cm³/mol. The van der Waals surface area contributed by atoms with Crippen LogP contribution < -0.4 is 15.8 Å². The lowest BCUT2D eigenvalue weighted by Crippen LogP contribution is -2.44. The molecule has 0 aliphatic rings. The van der Waals surface area contributed by atoms with E-state index in [4.69, 9.17) is 26.5 Å². The number of halogens is 1. The summed E-state index contributed by atoms with van der Waals surface area (Å²) in [6.07, 6.45) is 0. The Morgan fingerprint density at radius 1 is 1.33 bits per heavy atom. The fourth-order valence-corrected chi connectivity index (χ4v) is 1.93. The van der Waals surface area contributed by atoms with Crippen LogP contribution >= 0.6 is 11.6 Å². The first-order valence-electron chi connectivity index (χ1n) is 6.95. The molecule has 1 aromatic heterocycles. The highest BCUT2D eigenvalue weighted by Gasteiger charge is 2.17. The number of carbonyl (C=O) groups is 2. The van der Waals surface area contributed by atoms with Gasteiger partial charge in [-0.2, -0.15) is 0 Å². The third kappa shape index (κ3) is 4.90. The Hall–Kier alpha value is -2.71. The van der Waals surface area contributed by atoms with Gasteiger partial charge in [-0.3, -0.25) is 10.0 Å². The minimum absolute atomic E-state index is 0.0226. The maximum absolute atomic E-state index is 12.0. The molecule has 4 N–H and O–H groups in total. The van der Waals surface area contributed by atoms with Gasteiger partial charge in [0.05, 0.1) is 6.54 Å². The van der Waals surface area contributed by atoms with Crippen LogP contribution in [0.5, 0.6) is 11.7 Å². The van der Waals surface area contributed by atoms with Crippen molar-refractivity contribution in [1.82, 2.24) is 10.4 Å². The molecule has 0 radical (unpaired) electrons. The van der Waals surface area contributed by atoms with Gasteiger partial charge in [0, 0.05) is 17.1 Å². The second-order valence-corrected chi connectivity index (χ2v) is 5.41. The summed E-state index contributed by atoms with van der Waals surface area (Å²) >= 11 is 5.78. The van der Waals surface area contributed by atoms with E-state index in [2.05, 4.69) is 5.32 Å². The standard InChI is InChI=1S/C15H16ClN3O5/c1-9(8-19(22)15(17)21)18-14(20)12-6-7-13(24-12)23-11-4-2-10(16)3-5-11/h2-7,9,22H,8H2,1H3,(H2,17,21)(H,18,20)/t9-/m1/s1. The summed E-state index contributed by atoms with van der Waals surface area (Å²) in [5, 5.41) is 12.7. The van der Waals surface area contributed by atoms with Crippen LogP contribution in [-0.4, -0.2) is 34.8 Å². The van der Waals surface area contributed by atoms with Gasteiger partial charge in [0.2, 0.25) is 0 Å². The van der Waals surface area contributed by atoms with Gasteiger partial charge >= 0.3 is 6.03 Å². The lowest BCUT2D eigenvalue weighted by molar-refractivity contribution is -0.0440. The Labute approximate surface area is 142 Å². The normalized spacial score (nSPS) is 11.6. The monoisotopic (exact) mass is 353 g/mol. The van der Waals surface area contributed by atoms with Gasteiger partial charge in [0.1, 0.15) is 5.75 Å². The van der Waals surface area contributed by atoms with Gasteiger partial charge in [-0.1, -0.05) is 11.6 Å². The minimum atomic E-state index is -1.01. The van der Waals surface area contributed by atoms with Gasteiger partial charge in [-0.15, -0.1) is 0 Å². The molecule has 3 amide bonds. The van der Waals surface area contributed by atoms with E-state index in [0.29, 0.717) is 15.8 Å². The number of furan rings is 1. The number of carbonyl (C=O) groups excluding carboxylic acids is 2. The number of urea groups is 1. The van der Waals surface area contributed by atoms with Gasteiger partial charge in [-0.05, 0) is 37.3 Å². The highest BCUT2D eigenvalue weighted by molar-refractivity contribution is 6.30. The zero-order valence-electron chi connectivity index (χ0n) is 12.7. The van der Waals surface area contributed by atoms with Crippen molar-refractivity contribution in [2.45, 2.75) is 13.0 Å². The molecule has 1 atom stereocenters. The summed E-state index contributed by atoms with van der Waals surface area (Å²) in [6.45, 7) is 1.44. The molecule has 24 heavy (non-hydrogen) atoms. The van der Waals surface area contributed by atoms with Crippen molar-refractivity contribution in [2.75, 3.05) is 6.54 Å². The summed E-state index contributed by atoms with van der Waals surface area (Å²) in [7, 11) is 0. The van der Waals surface area contributed by atoms with Gasteiger partial charge < -0.3 is 20.2 Å². The van der Waals surface area contributed by atoms with E-state index in [9.17, 15) is 14.8 Å². The van der Waals surface area contributed by atoms with Gasteiger partial charge in [-0.25, -0.2) is 9.86 Å². The van der Waals surface area contributed by atoms with Crippen LogP contribution in [0.15, 0.2) is 40.8 Å². The maximum Gasteiger partial charge on any atom is 0.338 e. The first-order chi connectivity index (χ1) is 11.3. The van der Waals surface area contributed by atoms with Gasteiger partial charge in [0.15, 0.2) is 5.76 Å². The smallest absolute Gasteiger partial charge is 0.338 e. The molecule has 0 aliphatic heterocycles. The third-order valence-electron chi connectivity index (χ3n) is 2.92. The number of hydrogen-bond acceptors (Lipinski definition) is 5. The van der Waals surface area contributed by atoms with Gasteiger partial charge in [0.25, 0.3) is 11.9 Å². The van der Waals surface area contributed by atoms with Crippen molar-refractivity contribution < 1.29 is 24.0 Å². The highest BCUT2D eigenvalue weighted by atomic mass is 35.5. The lowest BCUT2D eigenvalue weighted by atomic mass is 10.3. The van der Waals surface area contributed by atoms with Crippen LogP contribution in [0.1, 0.15) is 17.5 Å². The first-order valence-corrected chi connectivity index (χ1v) is 7.33. The molecular formula is C15H16ClN3O5. The van der Waals surface area contributed by atoms with E-state index < -0.39 is 18.0 Å². The summed E-state index contributed by atoms with van der Waals surface area (Å²) in [4.78, 5) is 22.8. The molecule has 0 bridgehead atoms. The Morgan fingerprint density at radius 3 is 2.62 bits per heavy atom. The van der Waals surface area contributed by atoms with Crippen LogP contribution in [0.4, 0.5) is 4.79 Å². The third-order valence-corrected chi connectivity index (χ3v) is 3.17. The zero-order valence-corrected chi connectivity index (χ0v) is 13.5. The zero-order chi connectivity index (χ0) is 17.7. The number of nitrogens with one attached hydrogen (secondary N) is 1. The van der Waals surface area contributed by atoms with E-state index in [1.807, 2.05) is 0 Å². The van der Waals surface area contributed by atoms with Crippen molar-refractivity contribution >= 4 is 23.5 Å². The number of hydroxylamine groups is 2. The molecule has 0 aliphatic carbocycles. The molecule has 9 heteroatoms. The highest BCUT2D eigenvalue weighted by Crippen LogP contribution is 2.25. The quantitative estimate of drug-likeness (QED) is 0.545. The average Bonchev–Trinajstić information content (AvgIpc) is 2.98. The summed E-state index contributed by atoms with van der Waals surface area (Å²) in [5.41, 5.74) is 4.89. The average molecular weight is 354 g/mol. The molecule has 0 saturated carbocycles. The molecule has 0 saturated heterocycles. The first kappa shape index (κ1) is 17.6. The Balaban J connectivity index is 1.93. The Morgan fingerprint density at radius 2 is 2.00 bits per heavy atom. The Kier molecular flexibility index (Phi) is 5.67. The van der Waals surface area contributed by atoms with Crippen molar-refractivity contribution in [3.63, 3.8) is 0 Å². The van der Waals surface area contributed by atoms with E-state index in [0.717, 1.165) is 0 Å². The topological polar surface area (TPSA) is 118 Å². The van der Waals surface area contributed by atoms with Crippen LogP contribution in [0, 0.1) is 0 Å². The predicted octanol–water partition coefficient (Wildman–Crippen LogP) is 2.61. The number of amides is 3. The SMILES string of the molecule is C[C@H](CN(O)C(N)=O)NC(=O)c1ccc(Oc2ccc(Cl)cc2)o1. The van der Waals surface area contributed by atoms with Crippen molar-refractivity contribution in [3.8, 4) is 11.7 Å². The molecule has 1 aromatic carbocycles. The summed E-state index contributed by atoms with van der Waals surface area (Å²) in [6, 6.07) is 8.03. The molecule has 8 nitrogen and oxygen atoms in total. The fourth-order valence-electron chi connectivity index (χ4n) is 1.81. The fraction of sp³-hybridized carbons (Fsp3) is 0.200.